The fourth-order valence-corrected chi connectivity index (χ4v) is 2.39. The Hall–Kier alpha value is -1.23. The molecular weight excluding hydrogens is 232 g/mol. The van der Waals surface area contributed by atoms with Crippen molar-refractivity contribution in [2.45, 2.75) is 19.9 Å². The number of nitrogens with zero attached hydrogens (tertiary/aromatic N) is 1. The highest BCUT2D eigenvalue weighted by atomic mass is 32.1. The van der Waals surface area contributed by atoms with Gasteiger partial charge >= 0.3 is 0 Å². The van der Waals surface area contributed by atoms with Crippen LogP contribution in [-0.4, -0.2) is 16.7 Å². The minimum Gasteiger partial charge on any atom is -0.394 e. The summed E-state index contributed by atoms with van der Waals surface area (Å²) < 4.78 is 0. The van der Waals surface area contributed by atoms with Crippen LogP contribution in [0.4, 0.5) is 0 Å². The summed E-state index contributed by atoms with van der Waals surface area (Å²) in [5, 5.41) is 11.7. The van der Waals surface area contributed by atoms with Crippen LogP contribution in [0.15, 0.2) is 23.6 Å². The van der Waals surface area contributed by atoms with Crippen molar-refractivity contribution in [1.29, 1.82) is 0 Å². The van der Waals surface area contributed by atoms with Gasteiger partial charge in [0.2, 0.25) is 0 Å². The zero-order valence-corrected chi connectivity index (χ0v) is 10.8. The Balaban J connectivity index is 2.33. The average Bonchev–Trinajstić information content (AvgIpc) is 2.81. The van der Waals surface area contributed by atoms with Crippen LogP contribution >= 0.6 is 11.3 Å². The van der Waals surface area contributed by atoms with Crippen LogP contribution in [0.5, 0.6) is 0 Å². The number of thiazole rings is 1. The molecule has 1 aromatic heterocycles. The number of hydrogen-bond acceptors (Lipinski definition) is 4. The molecule has 0 fully saturated rings. The molecule has 4 heteroatoms. The number of nitrogens with two attached hydrogens (primary N) is 1. The van der Waals surface area contributed by atoms with Crippen LogP contribution in [0.1, 0.15) is 22.2 Å². The SMILES string of the molecule is Cc1ccc(-c2csc(C(N)CO)n2)cc1C. The number of aryl methyl sites for hydroxylation is 2. The minimum absolute atomic E-state index is 0.0696. The second kappa shape index (κ2) is 4.96. The fraction of sp³-hybridized carbons (Fsp3) is 0.308. The fourth-order valence-electron chi connectivity index (χ4n) is 1.57. The van der Waals surface area contributed by atoms with E-state index in [4.69, 9.17) is 10.8 Å². The molecule has 0 amide bonds. The van der Waals surface area contributed by atoms with Gasteiger partial charge in [-0.2, -0.15) is 0 Å². The molecule has 0 radical (unpaired) electrons. The third-order valence-electron chi connectivity index (χ3n) is 2.84. The van der Waals surface area contributed by atoms with Crippen molar-refractivity contribution in [3.63, 3.8) is 0 Å². The molecule has 0 aliphatic heterocycles. The van der Waals surface area contributed by atoms with Crippen molar-refractivity contribution in [2.75, 3.05) is 6.61 Å². The van der Waals surface area contributed by atoms with E-state index in [0.717, 1.165) is 16.3 Å². The molecule has 0 saturated heterocycles. The van der Waals surface area contributed by atoms with E-state index >= 15 is 0 Å². The maximum Gasteiger partial charge on any atom is 0.112 e. The molecule has 1 unspecified atom stereocenters. The summed E-state index contributed by atoms with van der Waals surface area (Å²) >= 11 is 1.49. The first-order valence-corrected chi connectivity index (χ1v) is 6.39. The van der Waals surface area contributed by atoms with Crippen molar-refractivity contribution in [1.82, 2.24) is 4.98 Å². The Morgan fingerprint density at radius 3 is 2.76 bits per heavy atom. The van der Waals surface area contributed by atoms with E-state index in [0.29, 0.717) is 0 Å². The van der Waals surface area contributed by atoms with Gasteiger partial charge in [-0.15, -0.1) is 11.3 Å². The quantitative estimate of drug-likeness (QED) is 0.877. The first-order chi connectivity index (χ1) is 8.11. The maximum atomic E-state index is 8.99. The normalized spacial score (nSPS) is 12.7. The average molecular weight is 248 g/mol. The highest BCUT2D eigenvalue weighted by molar-refractivity contribution is 7.10. The molecule has 90 valence electrons. The van der Waals surface area contributed by atoms with Gasteiger partial charge in [-0.3, -0.25) is 0 Å². The van der Waals surface area contributed by atoms with Gasteiger partial charge in [0.25, 0.3) is 0 Å². The molecule has 0 saturated carbocycles. The third kappa shape index (κ3) is 2.54. The predicted octanol–water partition coefficient (Wildman–Crippen LogP) is 2.42. The second-order valence-corrected chi connectivity index (χ2v) is 5.05. The lowest BCUT2D eigenvalue weighted by Crippen LogP contribution is -2.13. The number of benzene rings is 1. The van der Waals surface area contributed by atoms with E-state index in [-0.39, 0.29) is 12.6 Å². The second-order valence-electron chi connectivity index (χ2n) is 4.16. The Kier molecular flexibility index (Phi) is 3.57. The van der Waals surface area contributed by atoms with E-state index in [1.165, 1.54) is 22.5 Å². The summed E-state index contributed by atoms with van der Waals surface area (Å²) in [6.45, 7) is 4.11. The van der Waals surface area contributed by atoms with Crippen LogP contribution in [-0.2, 0) is 0 Å². The number of hydrogen-bond donors (Lipinski definition) is 2. The molecule has 0 bridgehead atoms. The standard InChI is InChI=1S/C13H16N2OS/c1-8-3-4-10(5-9(8)2)12-7-17-13(15-12)11(14)6-16/h3-5,7,11,16H,6,14H2,1-2H3. The summed E-state index contributed by atoms with van der Waals surface area (Å²) in [5.74, 6) is 0. The summed E-state index contributed by atoms with van der Waals surface area (Å²) in [4.78, 5) is 4.46. The van der Waals surface area contributed by atoms with Gasteiger partial charge in [-0.05, 0) is 31.0 Å². The van der Waals surface area contributed by atoms with E-state index < -0.39 is 0 Å². The zero-order valence-electron chi connectivity index (χ0n) is 9.97. The zero-order chi connectivity index (χ0) is 12.4. The summed E-state index contributed by atoms with van der Waals surface area (Å²) in [6.07, 6.45) is 0. The third-order valence-corrected chi connectivity index (χ3v) is 3.82. The maximum absolute atomic E-state index is 8.99. The summed E-state index contributed by atoms with van der Waals surface area (Å²) in [5.41, 5.74) is 10.3. The molecule has 0 aliphatic carbocycles. The first kappa shape index (κ1) is 12.2. The largest absolute Gasteiger partial charge is 0.394 e. The highest BCUT2D eigenvalue weighted by Crippen LogP contribution is 2.26. The predicted molar refractivity (Wildman–Crippen MR) is 71.0 cm³/mol. The Bertz CT molecular complexity index is 522. The topological polar surface area (TPSA) is 59.1 Å². The van der Waals surface area contributed by atoms with Gasteiger partial charge in [-0.25, -0.2) is 4.98 Å². The Morgan fingerprint density at radius 1 is 1.35 bits per heavy atom. The lowest BCUT2D eigenvalue weighted by atomic mass is 10.1. The molecule has 2 aromatic rings. The van der Waals surface area contributed by atoms with Crippen molar-refractivity contribution < 1.29 is 5.11 Å². The lowest BCUT2D eigenvalue weighted by Gasteiger charge is -2.03. The first-order valence-electron chi connectivity index (χ1n) is 5.51. The van der Waals surface area contributed by atoms with Crippen LogP contribution in [0, 0.1) is 13.8 Å². The molecule has 3 N–H and O–H groups in total. The molecule has 1 aromatic carbocycles. The molecule has 17 heavy (non-hydrogen) atoms. The van der Waals surface area contributed by atoms with Crippen LogP contribution in [0.25, 0.3) is 11.3 Å². The molecule has 2 rings (SSSR count). The van der Waals surface area contributed by atoms with Crippen molar-refractivity contribution in [2.24, 2.45) is 5.73 Å². The highest BCUT2D eigenvalue weighted by Gasteiger charge is 2.11. The minimum atomic E-state index is -0.375. The summed E-state index contributed by atoms with van der Waals surface area (Å²) in [6, 6.07) is 5.90. The van der Waals surface area contributed by atoms with E-state index in [9.17, 15) is 0 Å². The smallest absolute Gasteiger partial charge is 0.112 e. The van der Waals surface area contributed by atoms with Gasteiger partial charge in [-0.1, -0.05) is 12.1 Å². The van der Waals surface area contributed by atoms with Gasteiger partial charge in [0, 0.05) is 10.9 Å². The van der Waals surface area contributed by atoms with E-state index in [1.807, 2.05) is 5.38 Å². The van der Waals surface area contributed by atoms with E-state index in [1.54, 1.807) is 0 Å². The van der Waals surface area contributed by atoms with Gasteiger partial charge in [0.15, 0.2) is 0 Å². The monoisotopic (exact) mass is 248 g/mol. The number of aromatic nitrogens is 1. The Morgan fingerprint density at radius 2 is 2.12 bits per heavy atom. The molecule has 0 spiro atoms. The number of rotatable bonds is 3. The van der Waals surface area contributed by atoms with Crippen LogP contribution < -0.4 is 5.73 Å². The molecule has 3 nitrogen and oxygen atoms in total. The van der Waals surface area contributed by atoms with Crippen molar-refractivity contribution in [3.8, 4) is 11.3 Å². The lowest BCUT2D eigenvalue weighted by molar-refractivity contribution is 0.268. The van der Waals surface area contributed by atoms with Crippen molar-refractivity contribution >= 4 is 11.3 Å². The van der Waals surface area contributed by atoms with Crippen molar-refractivity contribution in [3.05, 3.63) is 39.7 Å². The number of aliphatic hydroxyl groups is 1. The van der Waals surface area contributed by atoms with Crippen LogP contribution in [0.2, 0.25) is 0 Å². The van der Waals surface area contributed by atoms with E-state index in [2.05, 4.69) is 37.0 Å². The van der Waals surface area contributed by atoms with Crippen LogP contribution in [0.3, 0.4) is 0 Å². The molecular formula is C13H16N2OS. The van der Waals surface area contributed by atoms with Gasteiger partial charge in [0.05, 0.1) is 18.3 Å². The Labute approximate surface area is 105 Å². The summed E-state index contributed by atoms with van der Waals surface area (Å²) in [7, 11) is 0. The van der Waals surface area contributed by atoms with Gasteiger partial charge < -0.3 is 10.8 Å². The number of aliphatic hydroxyl groups excluding tert-OH is 1. The molecule has 0 aliphatic rings. The molecule has 1 atom stereocenters. The molecule has 1 heterocycles. The van der Waals surface area contributed by atoms with Gasteiger partial charge in [0.1, 0.15) is 5.01 Å².